The van der Waals surface area contributed by atoms with Crippen molar-refractivity contribution in [3.05, 3.63) is 53.6 Å². The molecule has 0 unspecified atom stereocenters. The van der Waals surface area contributed by atoms with Crippen LogP contribution in [0.15, 0.2) is 47.5 Å². The third-order valence-electron chi connectivity index (χ3n) is 4.29. The van der Waals surface area contributed by atoms with Gasteiger partial charge in [-0.1, -0.05) is 18.2 Å². The number of guanidine groups is 1. The topological polar surface area (TPSA) is 58.1 Å². The first kappa shape index (κ1) is 20.4. The predicted octanol–water partition coefficient (Wildman–Crippen LogP) is 2.68. The Balaban J connectivity index is 1.82. The van der Waals surface area contributed by atoms with Crippen LogP contribution in [0.1, 0.15) is 11.1 Å². The van der Waals surface area contributed by atoms with Gasteiger partial charge >= 0.3 is 0 Å². The van der Waals surface area contributed by atoms with Crippen molar-refractivity contribution in [1.82, 2.24) is 10.6 Å². The van der Waals surface area contributed by atoms with Crippen molar-refractivity contribution in [3.8, 4) is 11.5 Å². The highest BCUT2D eigenvalue weighted by Crippen LogP contribution is 2.27. The van der Waals surface area contributed by atoms with E-state index in [2.05, 4.69) is 44.8 Å². The van der Waals surface area contributed by atoms with E-state index in [1.54, 1.807) is 21.3 Å². The lowest BCUT2D eigenvalue weighted by molar-refractivity contribution is 0.354. The van der Waals surface area contributed by atoms with Crippen LogP contribution in [0.2, 0.25) is 0 Å². The average molecular weight is 370 g/mol. The molecule has 146 valence electrons. The third-order valence-corrected chi connectivity index (χ3v) is 4.29. The number of rotatable bonds is 8. The molecule has 2 aromatic carbocycles. The van der Waals surface area contributed by atoms with E-state index in [-0.39, 0.29) is 0 Å². The van der Waals surface area contributed by atoms with Crippen LogP contribution in [0, 0.1) is 0 Å². The quantitative estimate of drug-likeness (QED) is 0.553. The second-order valence-electron chi connectivity index (χ2n) is 6.35. The van der Waals surface area contributed by atoms with Gasteiger partial charge in [-0.25, -0.2) is 0 Å². The first-order valence-electron chi connectivity index (χ1n) is 8.99. The molecule has 2 N–H and O–H groups in total. The van der Waals surface area contributed by atoms with Gasteiger partial charge in [0.05, 0.1) is 14.2 Å². The van der Waals surface area contributed by atoms with Crippen LogP contribution >= 0.6 is 0 Å². The highest BCUT2D eigenvalue weighted by Gasteiger charge is 2.05. The molecule has 0 heterocycles. The smallest absolute Gasteiger partial charge is 0.191 e. The molecule has 27 heavy (non-hydrogen) atoms. The van der Waals surface area contributed by atoms with Crippen LogP contribution in [-0.4, -0.2) is 47.9 Å². The number of methoxy groups -OCH3 is 2. The van der Waals surface area contributed by atoms with Gasteiger partial charge in [0.1, 0.15) is 0 Å². The molecule has 6 heteroatoms. The first-order valence-corrected chi connectivity index (χ1v) is 8.99. The molecule has 0 saturated heterocycles. The van der Waals surface area contributed by atoms with E-state index in [4.69, 9.17) is 9.47 Å². The summed E-state index contributed by atoms with van der Waals surface area (Å²) < 4.78 is 10.6. The maximum Gasteiger partial charge on any atom is 0.191 e. The molecular formula is C21H30N4O2. The van der Waals surface area contributed by atoms with E-state index in [1.807, 2.05) is 32.3 Å². The maximum atomic E-state index is 5.35. The van der Waals surface area contributed by atoms with Crippen molar-refractivity contribution < 1.29 is 9.47 Å². The number of hydrogen-bond acceptors (Lipinski definition) is 4. The molecule has 0 aliphatic rings. The summed E-state index contributed by atoms with van der Waals surface area (Å²) in [5.41, 5.74) is 3.58. The highest BCUT2D eigenvalue weighted by molar-refractivity contribution is 5.79. The minimum atomic E-state index is 0.726. The van der Waals surface area contributed by atoms with E-state index >= 15 is 0 Å². The molecule has 0 bridgehead atoms. The second kappa shape index (κ2) is 10.3. The van der Waals surface area contributed by atoms with Gasteiger partial charge in [-0.05, 0) is 41.8 Å². The van der Waals surface area contributed by atoms with E-state index in [0.717, 1.165) is 37.0 Å². The molecule has 0 spiro atoms. The number of ether oxygens (including phenoxy) is 2. The van der Waals surface area contributed by atoms with E-state index in [9.17, 15) is 0 Å². The maximum absolute atomic E-state index is 5.35. The molecule has 0 aliphatic carbocycles. The minimum Gasteiger partial charge on any atom is -0.493 e. The monoisotopic (exact) mass is 370 g/mol. The summed E-state index contributed by atoms with van der Waals surface area (Å²) in [4.78, 5) is 6.37. The zero-order valence-corrected chi connectivity index (χ0v) is 16.9. The van der Waals surface area contributed by atoms with Crippen LogP contribution in [0.5, 0.6) is 11.5 Å². The number of nitrogens with zero attached hydrogens (tertiary/aromatic N) is 2. The van der Waals surface area contributed by atoms with E-state index in [1.165, 1.54) is 16.8 Å². The Bertz CT molecular complexity index is 742. The molecule has 0 atom stereocenters. The zero-order chi connectivity index (χ0) is 19.6. The van der Waals surface area contributed by atoms with Gasteiger partial charge in [-0.2, -0.15) is 0 Å². The Labute approximate surface area is 162 Å². The number of nitrogens with one attached hydrogen (secondary N) is 2. The summed E-state index contributed by atoms with van der Waals surface area (Å²) in [5.74, 6) is 2.28. The van der Waals surface area contributed by atoms with Crippen molar-refractivity contribution in [1.29, 1.82) is 0 Å². The van der Waals surface area contributed by atoms with Crippen molar-refractivity contribution in [2.45, 2.75) is 13.0 Å². The van der Waals surface area contributed by atoms with Gasteiger partial charge in [-0.15, -0.1) is 0 Å². The van der Waals surface area contributed by atoms with Crippen LogP contribution in [-0.2, 0) is 13.0 Å². The van der Waals surface area contributed by atoms with Crippen LogP contribution < -0.4 is 25.0 Å². The summed E-state index contributed by atoms with van der Waals surface area (Å²) >= 11 is 0. The molecule has 2 aromatic rings. The second-order valence-corrected chi connectivity index (χ2v) is 6.35. The average Bonchev–Trinajstić information content (AvgIpc) is 2.70. The van der Waals surface area contributed by atoms with E-state index < -0.39 is 0 Å². The Hall–Kier alpha value is -2.89. The number of benzene rings is 2. The molecule has 0 aliphatic heterocycles. The zero-order valence-electron chi connectivity index (χ0n) is 16.9. The summed E-state index contributed by atoms with van der Waals surface area (Å²) in [6, 6.07) is 14.5. The molecule has 0 radical (unpaired) electrons. The number of hydrogen-bond donors (Lipinski definition) is 2. The molecule has 0 saturated carbocycles. The summed E-state index contributed by atoms with van der Waals surface area (Å²) in [6.07, 6.45) is 0.860. The standard InChI is InChI=1S/C21H30N4O2/c1-22-21(24-15-17-6-9-18(10-7-17)25(2)3)23-13-12-16-8-11-19(26-4)20(14-16)27-5/h6-11,14H,12-13,15H2,1-5H3,(H2,22,23,24). The highest BCUT2D eigenvalue weighted by atomic mass is 16.5. The number of aliphatic imine (C=N–C) groups is 1. The summed E-state index contributed by atoms with van der Waals surface area (Å²) in [5, 5.41) is 6.68. The Morgan fingerprint density at radius 3 is 2.19 bits per heavy atom. The van der Waals surface area contributed by atoms with Gasteiger partial charge in [-0.3, -0.25) is 4.99 Å². The fourth-order valence-electron chi connectivity index (χ4n) is 2.68. The van der Waals surface area contributed by atoms with Gasteiger partial charge in [0, 0.05) is 39.9 Å². The molecule has 2 rings (SSSR count). The molecule has 0 fully saturated rings. The van der Waals surface area contributed by atoms with E-state index in [0.29, 0.717) is 0 Å². The van der Waals surface area contributed by atoms with Crippen molar-refractivity contribution in [2.24, 2.45) is 4.99 Å². The fraction of sp³-hybridized carbons (Fsp3) is 0.381. The first-order chi connectivity index (χ1) is 13.1. The Morgan fingerprint density at radius 2 is 1.59 bits per heavy atom. The SMILES string of the molecule is CN=C(NCCc1ccc(OC)c(OC)c1)NCc1ccc(N(C)C)cc1. The van der Waals surface area contributed by atoms with Crippen LogP contribution in [0.3, 0.4) is 0 Å². The summed E-state index contributed by atoms with van der Waals surface area (Å²) in [7, 11) is 9.15. The van der Waals surface area contributed by atoms with Gasteiger partial charge < -0.3 is 25.0 Å². The Kier molecular flexibility index (Phi) is 7.79. The molecular weight excluding hydrogens is 340 g/mol. The lowest BCUT2D eigenvalue weighted by Gasteiger charge is -2.15. The molecule has 6 nitrogen and oxygen atoms in total. The molecule has 0 aromatic heterocycles. The lowest BCUT2D eigenvalue weighted by atomic mass is 10.1. The minimum absolute atomic E-state index is 0.726. The molecule has 0 amide bonds. The summed E-state index contributed by atoms with van der Waals surface area (Å²) in [6.45, 7) is 1.50. The van der Waals surface area contributed by atoms with Crippen LogP contribution in [0.25, 0.3) is 0 Å². The lowest BCUT2D eigenvalue weighted by Crippen LogP contribution is -2.37. The van der Waals surface area contributed by atoms with Gasteiger partial charge in [0.2, 0.25) is 0 Å². The largest absolute Gasteiger partial charge is 0.493 e. The van der Waals surface area contributed by atoms with Gasteiger partial charge in [0.15, 0.2) is 17.5 Å². The van der Waals surface area contributed by atoms with Crippen LogP contribution in [0.4, 0.5) is 5.69 Å². The normalized spacial score (nSPS) is 11.1. The van der Waals surface area contributed by atoms with Crippen molar-refractivity contribution in [3.63, 3.8) is 0 Å². The van der Waals surface area contributed by atoms with Crippen molar-refractivity contribution in [2.75, 3.05) is 46.8 Å². The Morgan fingerprint density at radius 1 is 0.926 bits per heavy atom. The number of anilines is 1. The van der Waals surface area contributed by atoms with Crippen molar-refractivity contribution >= 4 is 11.6 Å². The predicted molar refractivity (Wildman–Crippen MR) is 112 cm³/mol. The fourth-order valence-corrected chi connectivity index (χ4v) is 2.68. The van der Waals surface area contributed by atoms with Gasteiger partial charge in [0.25, 0.3) is 0 Å². The third kappa shape index (κ3) is 6.09.